The fraction of sp³-hybridized carbons (Fsp3) is 0.667. The second-order valence-electron chi connectivity index (χ2n) is 0.985. The van der Waals surface area contributed by atoms with Gasteiger partial charge in [-0.15, -0.1) is 0 Å². The molecule has 0 N–H and O–H groups in total. The molecule has 1 aliphatic rings. The van der Waals surface area contributed by atoms with Gasteiger partial charge in [0.25, 0.3) is 0 Å². The molecule has 1 aliphatic heterocycles. The van der Waals surface area contributed by atoms with Gasteiger partial charge in [0.1, 0.15) is 6.61 Å². The normalized spacial score (nSPS) is 25.8. The second-order valence-corrected chi connectivity index (χ2v) is 0.985. The highest BCUT2D eigenvalue weighted by molar-refractivity contribution is 4.74. The summed E-state index contributed by atoms with van der Waals surface area (Å²) in [6, 6.07) is 0. The lowest BCUT2D eigenvalue weighted by molar-refractivity contribution is 0.0115. The molecule has 1 fully saturated rings. The summed E-state index contributed by atoms with van der Waals surface area (Å²) in [5.74, 6) is 0. The number of ether oxygens (including phenoxy) is 1. The van der Waals surface area contributed by atoms with E-state index >= 15 is 0 Å². The summed E-state index contributed by atoms with van der Waals surface area (Å²) < 4.78 is 15.7. The fourth-order valence-electron chi connectivity index (χ4n) is 0.169. The van der Waals surface area contributed by atoms with E-state index in [9.17, 15) is 4.39 Å². The first-order valence-corrected chi connectivity index (χ1v) is 1.48. The largest absolute Gasteiger partial charge is 0.369 e. The summed E-state index contributed by atoms with van der Waals surface area (Å²) in [5, 5.41) is 0. The Labute approximate surface area is 29.7 Å². The van der Waals surface area contributed by atoms with Crippen molar-refractivity contribution in [3.05, 3.63) is 6.61 Å². The molecular weight excluding hydrogens is 71.0 g/mol. The van der Waals surface area contributed by atoms with E-state index in [1.807, 2.05) is 0 Å². The summed E-state index contributed by atoms with van der Waals surface area (Å²) in [6.07, 6.45) is -0.782. The summed E-state index contributed by atoms with van der Waals surface area (Å²) >= 11 is 0. The molecule has 1 nitrogen and oxygen atoms in total. The van der Waals surface area contributed by atoms with Gasteiger partial charge in [-0.05, 0) is 0 Å². The van der Waals surface area contributed by atoms with Crippen LogP contribution in [0, 0.1) is 6.61 Å². The molecule has 0 saturated carbocycles. The van der Waals surface area contributed by atoms with Gasteiger partial charge >= 0.3 is 0 Å². The Hall–Kier alpha value is -0.110. The van der Waals surface area contributed by atoms with E-state index < -0.39 is 6.17 Å². The monoisotopic (exact) mass is 75.0 g/mol. The molecule has 1 radical (unpaired) electrons. The quantitative estimate of drug-likeness (QED) is 0.407. The third-order valence-corrected chi connectivity index (χ3v) is 0.499. The highest BCUT2D eigenvalue weighted by Crippen LogP contribution is 2.08. The zero-order valence-electron chi connectivity index (χ0n) is 2.65. The molecule has 0 spiro atoms. The molecule has 0 aliphatic carbocycles. The molecule has 1 heterocycles. The first kappa shape index (κ1) is 3.09. The summed E-state index contributed by atoms with van der Waals surface area (Å²) in [5.41, 5.74) is 0. The summed E-state index contributed by atoms with van der Waals surface area (Å²) in [6.45, 7) is 1.44. The molecular formula is C3H4FO. The Morgan fingerprint density at radius 3 is 2.40 bits per heavy atom. The minimum absolute atomic E-state index is 0.264. The molecule has 29 valence electrons. The molecule has 2 heteroatoms. The van der Waals surface area contributed by atoms with E-state index in [4.69, 9.17) is 0 Å². The van der Waals surface area contributed by atoms with Crippen LogP contribution in [0.15, 0.2) is 0 Å². The van der Waals surface area contributed by atoms with Crippen LogP contribution in [0.5, 0.6) is 0 Å². The first-order chi connectivity index (χ1) is 2.39. The first-order valence-electron chi connectivity index (χ1n) is 1.48. The van der Waals surface area contributed by atoms with Crippen LogP contribution in [0.1, 0.15) is 0 Å². The van der Waals surface area contributed by atoms with E-state index in [2.05, 4.69) is 4.74 Å². The highest BCUT2D eigenvalue weighted by Gasteiger charge is 2.16. The number of halogens is 1. The lowest BCUT2D eigenvalue weighted by atomic mass is 10.4. The van der Waals surface area contributed by atoms with Crippen LogP contribution in [0.3, 0.4) is 0 Å². The number of rotatable bonds is 0. The SMILES string of the molecule is FC1[CH]OC1. The van der Waals surface area contributed by atoms with Crippen LogP contribution in [0.25, 0.3) is 0 Å². The van der Waals surface area contributed by atoms with Crippen molar-refractivity contribution in [1.29, 1.82) is 0 Å². The van der Waals surface area contributed by atoms with Crippen LogP contribution < -0.4 is 0 Å². The van der Waals surface area contributed by atoms with E-state index in [0.717, 1.165) is 0 Å². The molecule has 1 unspecified atom stereocenters. The maximum absolute atomic E-state index is 11.3. The number of hydrogen-bond acceptors (Lipinski definition) is 1. The van der Waals surface area contributed by atoms with Crippen LogP contribution in [0.2, 0.25) is 0 Å². The molecule has 1 saturated heterocycles. The standard InChI is InChI=1S/C3H4FO/c4-3-1-5-2-3/h1,3H,2H2. The summed E-state index contributed by atoms with van der Waals surface area (Å²) in [4.78, 5) is 0. The van der Waals surface area contributed by atoms with Crippen molar-refractivity contribution in [2.24, 2.45) is 0 Å². The molecule has 0 aromatic carbocycles. The van der Waals surface area contributed by atoms with E-state index in [1.165, 1.54) is 6.61 Å². The van der Waals surface area contributed by atoms with Gasteiger partial charge in [0, 0.05) is 0 Å². The zero-order valence-corrected chi connectivity index (χ0v) is 2.65. The molecule has 0 bridgehead atoms. The van der Waals surface area contributed by atoms with Gasteiger partial charge in [0.15, 0.2) is 6.17 Å². The lowest BCUT2D eigenvalue weighted by Crippen LogP contribution is -2.22. The second kappa shape index (κ2) is 0.937. The zero-order chi connectivity index (χ0) is 3.70. The smallest absolute Gasteiger partial charge is 0.152 e. The van der Waals surface area contributed by atoms with E-state index in [0.29, 0.717) is 0 Å². The van der Waals surface area contributed by atoms with Gasteiger partial charge < -0.3 is 4.74 Å². The maximum atomic E-state index is 11.3. The van der Waals surface area contributed by atoms with Crippen molar-refractivity contribution in [3.63, 3.8) is 0 Å². The van der Waals surface area contributed by atoms with Crippen molar-refractivity contribution in [1.82, 2.24) is 0 Å². The van der Waals surface area contributed by atoms with Crippen molar-refractivity contribution in [2.45, 2.75) is 6.17 Å². The third kappa shape index (κ3) is 0.401. The average molecular weight is 75.1 g/mol. The van der Waals surface area contributed by atoms with Gasteiger partial charge in [-0.25, -0.2) is 4.39 Å². The topological polar surface area (TPSA) is 9.23 Å². The minimum Gasteiger partial charge on any atom is -0.369 e. The highest BCUT2D eigenvalue weighted by atomic mass is 19.1. The predicted molar refractivity (Wildman–Crippen MR) is 15.1 cm³/mol. The van der Waals surface area contributed by atoms with Crippen LogP contribution in [-0.4, -0.2) is 12.8 Å². The maximum Gasteiger partial charge on any atom is 0.152 e. The molecule has 5 heavy (non-hydrogen) atoms. The van der Waals surface area contributed by atoms with Gasteiger partial charge in [0.05, 0.1) is 6.61 Å². The van der Waals surface area contributed by atoms with Crippen LogP contribution in [-0.2, 0) is 4.74 Å². The number of alkyl halides is 1. The van der Waals surface area contributed by atoms with E-state index in [1.54, 1.807) is 0 Å². The summed E-state index contributed by atoms with van der Waals surface area (Å²) in [7, 11) is 0. The Bertz CT molecular complexity index is 33.9. The molecule has 0 aromatic heterocycles. The van der Waals surface area contributed by atoms with Crippen LogP contribution in [0.4, 0.5) is 4.39 Å². The Morgan fingerprint density at radius 1 is 2.00 bits per heavy atom. The predicted octanol–water partition coefficient (Wildman–Crippen LogP) is 0.516. The van der Waals surface area contributed by atoms with Gasteiger partial charge in [-0.1, -0.05) is 0 Å². The third-order valence-electron chi connectivity index (χ3n) is 0.499. The van der Waals surface area contributed by atoms with Gasteiger partial charge in [0.2, 0.25) is 0 Å². The lowest BCUT2D eigenvalue weighted by Gasteiger charge is -2.15. The van der Waals surface area contributed by atoms with Crippen molar-refractivity contribution in [3.8, 4) is 0 Å². The van der Waals surface area contributed by atoms with Crippen LogP contribution >= 0.6 is 0 Å². The van der Waals surface area contributed by atoms with Crippen molar-refractivity contribution in [2.75, 3.05) is 6.61 Å². The molecule has 1 atom stereocenters. The molecule has 0 amide bonds. The Balaban J connectivity index is 2.08. The fourth-order valence-corrected chi connectivity index (χ4v) is 0.169. The van der Waals surface area contributed by atoms with E-state index in [-0.39, 0.29) is 6.61 Å². The van der Waals surface area contributed by atoms with Crippen molar-refractivity contribution < 1.29 is 9.13 Å². The Morgan fingerprint density at radius 2 is 2.40 bits per heavy atom. The minimum atomic E-state index is -0.782. The van der Waals surface area contributed by atoms with Crippen molar-refractivity contribution >= 4 is 0 Å². The Kier molecular flexibility index (Phi) is 0.580. The molecule has 1 rings (SSSR count). The van der Waals surface area contributed by atoms with Gasteiger partial charge in [-0.3, -0.25) is 0 Å². The number of hydrogen-bond donors (Lipinski definition) is 0. The van der Waals surface area contributed by atoms with Gasteiger partial charge in [-0.2, -0.15) is 0 Å². The molecule has 0 aromatic rings. The average Bonchev–Trinajstić information content (AvgIpc) is 1.30.